The van der Waals surface area contributed by atoms with Crippen LogP contribution in [0.15, 0.2) is 18.2 Å². The fourth-order valence-electron chi connectivity index (χ4n) is 2.32. The van der Waals surface area contributed by atoms with Crippen molar-refractivity contribution in [1.29, 1.82) is 0 Å². The Bertz CT molecular complexity index is 425. The molecule has 1 saturated carbocycles. The van der Waals surface area contributed by atoms with Gasteiger partial charge in [-0.2, -0.15) is 11.8 Å². The maximum Gasteiger partial charge on any atom is 0.147 e. The average Bonchev–Trinajstić information content (AvgIpc) is 2.83. The van der Waals surface area contributed by atoms with E-state index in [4.69, 9.17) is 11.6 Å². The number of carbonyl (C=O) groups is 1. The summed E-state index contributed by atoms with van der Waals surface area (Å²) >= 11 is 7.97. The third-order valence-electron chi connectivity index (χ3n) is 3.38. The summed E-state index contributed by atoms with van der Waals surface area (Å²) in [4.78, 5) is 11.9. The predicted octanol–water partition coefficient (Wildman–Crippen LogP) is 4.44. The molecular weight excluding hydrogens is 264 g/mol. The second-order valence-electron chi connectivity index (χ2n) is 5.03. The molecule has 1 aromatic carbocycles. The van der Waals surface area contributed by atoms with Crippen LogP contribution in [0.4, 0.5) is 0 Å². The van der Waals surface area contributed by atoms with Crippen molar-refractivity contribution in [3.8, 4) is 0 Å². The predicted molar refractivity (Wildman–Crippen MR) is 79.6 cm³/mol. The van der Waals surface area contributed by atoms with Crippen molar-refractivity contribution >= 4 is 29.1 Å². The van der Waals surface area contributed by atoms with Crippen LogP contribution in [0.2, 0.25) is 5.02 Å². The second kappa shape index (κ2) is 6.63. The van der Waals surface area contributed by atoms with Gasteiger partial charge in [0.15, 0.2) is 0 Å². The number of benzene rings is 1. The third-order valence-corrected chi connectivity index (χ3v) is 5.16. The molecule has 0 unspecified atom stereocenters. The van der Waals surface area contributed by atoms with Crippen LogP contribution in [0.25, 0.3) is 0 Å². The summed E-state index contributed by atoms with van der Waals surface area (Å²) in [7, 11) is 0. The number of hydrogen-bond acceptors (Lipinski definition) is 2. The molecule has 0 radical (unpaired) electrons. The lowest BCUT2D eigenvalue weighted by Gasteiger charge is -2.08. The molecule has 0 atom stereocenters. The molecular formula is C15H19ClOS. The van der Waals surface area contributed by atoms with E-state index in [2.05, 4.69) is 0 Å². The van der Waals surface area contributed by atoms with Gasteiger partial charge in [0.05, 0.1) is 5.75 Å². The Morgan fingerprint density at radius 1 is 1.39 bits per heavy atom. The van der Waals surface area contributed by atoms with Crippen molar-refractivity contribution in [3.63, 3.8) is 0 Å². The van der Waals surface area contributed by atoms with Gasteiger partial charge in [0, 0.05) is 16.7 Å². The number of thioether (sulfide) groups is 1. The van der Waals surface area contributed by atoms with Crippen molar-refractivity contribution in [3.05, 3.63) is 34.3 Å². The molecule has 0 bridgehead atoms. The molecule has 0 amide bonds. The standard InChI is InChI=1S/C15H19ClOS/c1-11-6-7-12(15(16)8-11)9-13(17)10-18-14-4-2-3-5-14/h6-8,14H,2-5,9-10H2,1H3. The fourth-order valence-corrected chi connectivity index (χ4v) is 3.82. The molecule has 1 fully saturated rings. The molecule has 3 heteroatoms. The first-order valence-electron chi connectivity index (χ1n) is 6.53. The number of hydrogen-bond donors (Lipinski definition) is 0. The SMILES string of the molecule is Cc1ccc(CC(=O)CSC2CCCC2)c(Cl)c1. The summed E-state index contributed by atoms with van der Waals surface area (Å²) in [5, 5.41) is 1.43. The quantitative estimate of drug-likeness (QED) is 0.794. The van der Waals surface area contributed by atoms with E-state index in [0.29, 0.717) is 22.4 Å². The number of Topliss-reactive ketones (excluding diaryl/α,β-unsaturated/α-hetero) is 1. The number of halogens is 1. The summed E-state index contributed by atoms with van der Waals surface area (Å²) in [5.74, 6) is 0.923. The van der Waals surface area contributed by atoms with Gasteiger partial charge in [0.2, 0.25) is 0 Å². The minimum atomic E-state index is 0.289. The zero-order chi connectivity index (χ0) is 13.0. The zero-order valence-corrected chi connectivity index (χ0v) is 12.3. The zero-order valence-electron chi connectivity index (χ0n) is 10.7. The van der Waals surface area contributed by atoms with Crippen molar-refractivity contribution in [2.45, 2.75) is 44.3 Å². The molecule has 18 heavy (non-hydrogen) atoms. The highest BCUT2D eigenvalue weighted by atomic mass is 35.5. The number of carbonyl (C=O) groups excluding carboxylic acids is 1. The molecule has 1 nitrogen and oxygen atoms in total. The lowest BCUT2D eigenvalue weighted by atomic mass is 10.1. The average molecular weight is 283 g/mol. The normalized spacial score (nSPS) is 16.1. The molecule has 1 aromatic rings. The van der Waals surface area contributed by atoms with Crippen LogP contribution in [0.3, 0.4) is 0 Å². The maximum absolute atomic E-state index is 11.9. The molecule has 1 aliphatic rings. The van der Waals surface area contributed by atoms with Crippen LogP contribution >= 0.6 is 23.4 Å². The Balaban J connectivity index is 1.82. The van der Waals surface area contributed by atoms with Crippen LogP contribution in [-0.4, -0.2) is 16.8 Å². The van der Waals surface area contributed by atoms with E-state index in [1.165, 1.54) is 25.7 Å². The molecule has 1 aliphatic carbocycles. The van der Waals surface area contributed by atoms with Crippen molar-refractivity contribution in [2.24, 2.45) is 0 Å². The summed E-state index contributed by atoms with van der Waals surface area (Å²) in [5.41, 5.74) is 2.09. The van der Waals surface area contributed by atoms with Crippen LogP contribution in [0.1, 0.15) is 36.8 Å². The summed E-state index contributed by atoms with van der Waals surface area (Å²) < 4.78 is 0. The second-order valence-corrected chi connectivity index (χ2v) is 6.72. The molecule has 98 valence electrons. The third kappa shape index (κ3) is 4.03. The van der Waals surface area contributed by atoms with Gasteiger partial charge in [-0.05, 0) is 37.0 Å². The first-order chi connectivity index (χ1) is 8.65. The monoisotopic (exact) mass is 282 g/mol. The van der Waals surface area contributed by atoms with Crippen molar-refractivity contribution < 1.29 is 4.79 Å². The highest BCUT2D eigenvalue weighted by Gasteiger charge is 2.17. The van der Waals surface area contributed by atoms with Crippen molar-refractivity contribution in [2.75, 3.05) is 5.75 Å². The van der Waals surface area contributed by atoms with Gasteiger partial charge in [-0.15, -0.1) is 0 Å². The minimum Gasteiger partial charge on any atom is -0.298 e. The number of aryl methyl sites for hydroxylation is 1. The fraction of sp³-hybridized carbons (Fsp3) is 0.533. The van der Waals surface area contributed by atoms with Gasteiger partial charge in [-0.3, -0.25) is 4.79 Å². The van der Waals surface area contributed by atoms with Crippen molar-refractivity contribution in [1.82, 2.24) is 0 Å². The van der Waals surface area contributed by atoms with Crippen LogP contribution in [0.5, 0.6) is 0 Å². The Labute approximate surface area is 118 Å². The number of rotatable bonds is 5. The lowest BCUT2D eigenvalue weighted by Crippen LogP contribution is -2.09. The van der Waals surface area contributed by atoms with Gasteiger partial charge in [0.25, 0.3) is 0 Å². The van der Waals surface area contributed by atoms with Crippen LogP contribution < -0.4 is 0 Å². The Hall–Kier alpha value is -0.470. The first-order valence-corrected chi connectivity index (χ1v) is 7.96. The summed E-state index contributed by atoms with van der Waals surface area (Å²) in [6, 6.07) is 5.91. The van der Waals surface area contributed by atoms with Gasteiger partial charge in [-0.25, -0.2) is 0 Å². The topological polar surface area (TPSA) is 17.1 Å². The Morgan fingerprint density at radius 2 is 2.11 bits per heavy atom. The van der Waals surface area contributed by atoms with Gasteiger partial charge < -0.3 is 0 Å². The van der Waals surface area contributed by atoms with Crippen LogP contribution in [-0.2, 0) is 11.2 Å². The molecule has 2 rings (SSSR count). The highest BCUT2D eigenvalue weighted by Crippen LogP contribution is 2.29. The molecule has 0 saturated heterocycles. The van der Waals surface area contributed by atoms with E-state index >= 15 is 0 Å². The smallest absolute Gasteiger partial charge is 0.147 e. The van der Waals surface area contributed by atoms with E-state index in [1.54, 1.807) is 0 Å². The van der Waals surface area contributed by atoms with E-state index in [9.17, 15) is 4.79 Å². The molecule has 0 heterocycles. The van der Waals surface area contributed by atoms with Crippen LogP contribution in [0, 0.1) is 6.92 Å². The van der Waals surface area contributed by atoms with Gasteiger partial charge >= 0.3 is 0 Å². The lowest BCUT2D eigenvalue weighted by molar-refractivity contribution is -0.116. The van der Waals surface area contributed by atoms with Gasteiger partial charge in [0.1, 0.15) is 5.78 Å². The van der Waals surface area contributed by atoms with E-state index in [0.717, 1.165) is 11.1 Å². The number of ketones is 1. The molecule has 0 aliphatic heterocycles. The highest BCUT2D eigenvalue weighted by molar-refractivity contribution is 8.00. The summed E-state index contributed by atoms with van der Waals surface area (Å²) in [6.07, 6.45) is 5.69. The van der Waals surface area contributed by atoms with E-state index < -0.39 is 0 Å². The van der Waals surface area contributed by atoms with E-state index in [-0.39, 0.29) is 5.78 Å². The molecule has 0 aromatic heterocycles. The summed E-state index contributed by atoms with van der Waals surface area (Å²) in [6.45, 7) is 2.01. The molecule has 0 N–H and O–H groups in total. The first kappa shape index (κ1) is 14.0. The largest absolute Gasteiger partial charge is 0.298 e. The van der Waals surface area contributed by atoms with Gasteiger partial charge in [-0.1, -0.05) is 36.6 Å². The van der Waals surface area contributed by atoms with E-state index in [1.807, 2.05) is 36.9 Å². The Morgan fingerprint density at radius 3 is 2.78 bits per heavy atom. The Kier molecular flexibility index (Phi) is 5.13. The minimum absolute atomic E-state index is 0.289. The maximum atomic E-state index is 11.9. The molecule has 0 spiro atoms.